The molecule has 0 radical (unpaired) electrons. The Hall–Kier alpha value is -3.88. The van der Waals surface area contributed by atoms with E-state index in [0.717, 1.165) is 54.7 Å². The molecule has 7 nitrogen and oxygen atoms in total. The van der Waals surface area contributed by atoms with Crippen LogP contribution in [0.5, 0.6) is 0 Å². The Balaban J connectivity index is 1.55. The normalized spacial score (nSPS) is 21.0. The molecule has 3 aromatic rings. The minimum absolute atomic E-state index is 0.0681. The fourth-order valence-corrected chi connectivity index (χ4v) is 8.01. The van der Waals surface area contributed by atoms with Crippen molar-refractivity contribution in [2.45, 2.75) is 101 Å². The van der Waals surface area contributed by atoms with Crippen molar-refractivity contribution in [1.29, 1.82) is 0 Å². The Bertz CT molecular complexity index is 1750. The monoisotopic (exact) mass is 656 g/mol. The van der Waals surface area contributed by atoms with Gasteiger partial charge in [0.05, 0.1) is 10.9 Å². The molecule has 250 valence electrons. The number of benzene rings is 3. The highest BCUT2D eigenvalue weighted by atomic mass is 32.2. The van der Waals surface area contributed by atoms with E-state index in [4.69, 9.17) is 5.11 Å². The number of allylic oxidation sites excluding steroid dienone is 3. The highest BCUT2D eigenvalue weighted by Gasteiger charge is 2.46. The molecule has 2 atom stereocenters. The molecule has 5 rings (SSSR count). The lowest BCUT2D eigenvalue weighted by Crippen LogP contribution is -2.39. The Morgan fingerprint density at radius 3 is 2.30 bits per heavy atom. The van der Waals surface area contributed by atoms with Crippen molar-refractivity contribution in [3.8, 4) is 0 Å². The van der Waals surface area contributed by atoms with Crippen LogP contribution in [0.1, 0.15) is 90.2 Å². The molecule has 0 bridgehead atoms. The van der Waals surface area contributed by atoms with E-state index in [-0.39, 0.29) is 22.8 Å². The van der Waals surface area contributed by atoms with Crippen LogP contribution in [0.15, 0.2) is 102 Å². The molecule has 2 aliphatic rings. The van der Waals surface area contributed by atoms with Gasteiger partial charge in [-0.25, -0.2) is 0 Å². The van der Waals surface area contributed by atoms with Crippen molar-refractivity contribution in [2.75, 3.05) is 16.3 Å². The fraction of sp³-hybridized carbons (Fsp3) is 0.410. The number of carboxylic acid groups (broad SMARTS) is 1. The fourth-order valence-electron chi connectivity index (χ4n) is 7.50. The molecule has 0 aliphatic carbocycles. The summed E-state index contributed by atoms with van der Waals surface area (Å²) in [6.45, 7) is 9.46. The summed E-state index contributed by atoms with van der Waals surface area (Å²) >= 11 is 0. The van der Waals surface area contributed by atoms with E-state index in [9.17, 15) is 17.8 Å². The predicted molar refractivity (Wildman–Crippen MR) is 190 cm³/mol. The number of hydrogen-bond donors (Lipinski definition) is 2. The van der Waals surface area contributed by atoms with Crippen molar-refractivity contribution in [1.82, 2.24) is 0 Å². The minimum atomic E-state index is -4.36. The van der Waals surface area contributed by atoms with Crippen LogP contribution in [0.2, 0.25) is 0 Å². The molecule has 2 unspecified atom stereocenters. The van der Waals surface area contributed by atoms with E-state index in [2.05, 4.69) is 104 Å². The Labute approximate surface area is 280 Å². The second-order valence-electron chi connectivity index (χ2n) is 13.6. The molecule has 0 saturated carbocycles. The summed E-state index contributed by atoms with van der Waals surface area (Å²) in [6, 6.07) is 24.2. The van der Waals surface area contributed by atoms with Crippen molar-refractivity contribution in [3.63, 3.8) is 0 Å². The average Bonchev–Trinajstić information content (AvgIpc) is 3.41. The van der Waals surface area contributed by atoms with E-state index in [0.29, 0.717) is 13.0 Å². The highest BCUT2D eigenvalue weighted by molar-refractivity contribution is 7.85. The second-order valence-corrected chi connectivity index (χ2v) is 15.0. The van der Waals surface area contributed by atoms with Crippen molar-refractivity contribution < 1.29 is 22.9 Å². The number of anilines is 3. The SMILES string of the molecule is CCCCCC1(C)c2ccccc2N(c2ccccc2)C1C=CC=C1N(CCCCCC(=O)O)c2ccc(S(=O)(=O)O)cc2C1(C)C. The number of hydrogen-bond acceptors (Lipinski definition) is 5. The van der Waals surface area contributed by atoms with Crippen LogP contribution in [0, 0.1) is 0 Å². The summed E-state index contributed by atoms with van der Waals surface area (Å²) in [6.07, 6.45) is 13.5. The zero-order valence-corrected chi connectivity index (χ0v) is 28.8. The second kappa shape index (κ2) is 14.1. The van der Waals surface area contributed by atoms with Crippen LogP contribution in [-0.4, -0.2) is 36.6 Å². The maximum Gasteiger partial charge on any atom is 0.303 e. The topological polar surface area (TPSA) is 98.2 Å². The molecule has 2 N–H and O–H groups in total. The smallest absolute Gasteiger partial charge is 0.303 e. The number of rotatable bonds is 14. The summed E-state index contributed by atoms with van der Waals surface area (Å²) < 4.78 is 34.0. The highest BCUT2D eigenvalue weighted by Crippen LogP contribution is 2.52. The van der Waals surface area contributed by atoms with Gasteiger partial charge in [-0.1, -0.05) is 102 Å². The summed E-state index contributed by atoms with van der Waals surface area (Å²) in [5, 5.41) is 9.09. The maximum absolute atomic E-state index is 12.1. The molecule has 0 spiro atoms. The standard InChI is InChI=1S/C39H48N2O5S/c1-5-6-14-26-39(4)31-19-12-13-20-34(31)41(29-17-9-7-10-18-29)36(39)22-16-21-35-38(2,3)32-28-30(47(44,45)46)24-25-33(32)40(35)27-15-8-11-23-37(42)43/h7,9-10,12-13,16-22,24-25,28,36H,5-6,8,11,14-15,23,26-27H2,1-4H3,(H,42,43)(H,44,45,46). The first-order valence-corrected chi connectivity index (χ1v) is 18.3. The lowest BCUT2D eigenvalue weighted by Gasteiger charge is -2.35. The Morgan fingerprint density at radius 2 is 1.60 bits per heavy atom. The molecular formula is C39H48N2O5S. The molecule has 0 aromatic heterocycles. The van der Waals surface area contributed by atoms with Crippen LogP contribution >= 0.6 is 0 Å². The van der Waals surface area contributed by atoms with Crippen LogP contribution in [0.4, 0.5) is 17.1 Å². The van der Waals surface area contributed by atoms with Gasteiger partial charge in [0, 0.05) is 46.6 Å². The quantitative estimate of drug-likeness (QED) is 0.132. The van der Waals surface area contributed by atoms with E-state index in [1.807, 2.05) is 6.07 Å². The van der Waals surface area contributed by atoms with Crippen LogP contribution in [0.3, 0.4) is 0 Å². The lowest BCUT2D eigenvalue weighted by molar-refractivity contribution is -0.137. The maximum atomic E-state index is 12.1. The average molecular weight is 657 g/mol. The van der Waals surface area contributed by atoms with Crippen molar-refractivity contribution >= 4 is 33.1 Å². The molecule has 0 fully saturated rings. The molecule has 2 heterocycles. The van der Waals surface area contributed by atoms with Gasteiger partial charge in [-0.3, -0.25) is 9.35 Å². The number of carbonyl (C=O) groups is 1. The minimum Gasteiger partial charge on any atom is -0.481 e. The van der Waals surface area contributed by atoms with Crippen molar-refractivity contribution in [3.05, 3.63) is 108 Å². The predicted octanol–water partition coefficient (Wildman–Crippen LogP) is 9.17. The number of para-hydroxylation sites is 2. The van der Waals surface area contributed by atoms with Gasteiger partial charge in [0.2, 0.25) is 0 Å². The van der Waals surface area contributed by atoms with E-state index in [1.165, 1.54) is 23.7 Å². The van der Waals surface area contributed by atoms with Gasteiger partial charge in [0.25, 0.3) is 10.1 Å². The van der Waals surface area contributed by atoms with Gasteiger partial charge in [0.1, 0.15) is 0 Å². The zero-order chi connectivity index (χ0) is 33.8. The number of carboxylic acids is 1. The molecular weight excluding hydrogens is 609 g/mol. The number of fused-ring (bicyclic) bond motifs is 2. The van der Waals surface area contributed by atoms with Crippen molar-refractivity contribution in [2.24, 2.45) is 0 Å². The third kappa shape index (κ3) is 7.04. The van der Waals surface area contributed by atoms with Crippen LogP contribution < -0.4 is 9.80 Å². The first kappa shape index (κ1) is 34.5. The van der Waals surface area contributed by atoms with E-state index >= 15 is 0 Å². The summed E-state index contributed by atoms with van der Waals surface area (Å²) in [7, 11) is -4.36. The van der Waals surface area contributed by atoms with Crippen LogP contribution in [-0.2, 0) is 25.7 Å². The Morgan fingerprint density at radius 1 is 0.872 bits per heavy atom. The van der Waals surface area contributed by atoms with Gasteiger partial charge in [-0.15, -0.1) is 0 Å². The largest absolute Gasteiger partial charge is 0.481 e. The molecule has 0 amide bonds. The molecule has 8 heteroatoms. The van der Waals surface area contributed by atoms with E-state index in [1.54, 1.807) is 12.1 Å². The first-order chi connectivity index (χ1) is 22.4. The molecule has 3 aromatic carbocycles. The zero-order valence-electron chi connectivity index (χ0n) is 28.0. The number of aliphatic carboxylic acids is 1. The van der Waals surface area contributed by atoms with Crippen LogP contribution in [0.25, 0.3) is 0 Å². The van der Waals surface area contributed by atoms with Gasteiger partial charge < -0.3 is 14.9 Å². The number of nitrogens with zero attached hydrogens (tertiary/aromatic N) is 2. The van der Waals surface area contributed by atoms with Gasteiger partial charge in [-0.2, -0.15) is 8.42 Å². The van der Waals surface area contributed by atoms with Gasteiger partial charge in [0.15, 0.2) is 0 Å². The molecule has 2 aliphatic heterocycles. The lowest BCUT2D eigenvalue weighted by atomic mass is 9.74. The molecule has 47 heavy (non-hydrogen) atoms. The summed E-state index contributed by atoms with van der Waals surface area (Å²) in [5.74, 6) is -0.790. The molecule has 0 saturated heterocycles. The van der Waals surface area contributed by atoms with E-state index < -0.39 is 21.5 Å². The summed E-state index contributed by atoms with van der Waals surface area (Å²) in [4.78, 5) is 15.6. The Kier molecular flexibility index (Phi) is 10.3. The number of unbranched alkanes of at least 4 members (excludes halogenated alkanes) is 4. The van der Waals surface area contributed by atoms with Gasteiger partial charge in [-0.05, 0) is 72.9 Å². The summed E-state index contributed by atoms with van der Waals surface area (Å²) in [5.41, 5.74) is 5.86. The first-order valence-electron chi connectivity index (χ1n) is 16.8. The third-order valence-corrected chi connectivity index (χ3v) is 10.9. The van der Waals surface area contributed by atoms with Gasteiger partial charge >= 0.3 is 5.97 Å². The third-order valence-electron chi connectivity index (χ3n) is 10.0.